The summed E-state index contributed by atoms with van der Waals surface area (Å²) in [6, 6.07) is -2.22. The van der Waals surface area contributed by atoms with E-state index in [9.17, 15) is 53.1 Å². The van der Waals surface area contributed by atoms with Gasteiger partial charge in [0.15, 0.2) is 5.96 Å². The number of aromatic nitrogens is 2. The number of aliphatic imine (C=N–C) groups is 1. The second kappa shape index (κ2) is 34.7. The number of thioether (sulfide) groups is 1. The van der Waals surface area contributed by atoms with Gasteiger partial charge in [-0.25, -0.2) is 9.78 Å². The standard InChI is InChI=1S/C49H79N15O11S2/c1-26(2)18-34(44(70)64-38(24-76)47(73)61-35(20-30-12-9-8-10-13-30)45(71)63-37(48(74)75)19-27(3)4)60-46(72)36(21-31-22-53-25-56-31)62-43(69)33(14-11-16-54-49(51)52)59-39(65)23-55-40(66)28(5)57-41(67)29(6)58-42(68)32(50)15-17-77-7/h8-10,12-13,22,25-29,32-38,76H,11,14-21,23-24,50H2,1-7H3,(H,53,56)(H,55,66)(H,57,67)(H,58,68)(H,59,65)(H,60,72)(H,61,73)(H,62,69)(H,63,71)(H,64,70)(H,74,75)(H4,51,52,54)/t28-,29-,32-,33-,34-,35-,36-,37-,38-/m0/s1. The third-order valence-corrected chi connectivity index (χ3v) is 12.5. The molecule has 0 saturated heterocycles. The predicted molar refractivity (Wildman–Crippen MR) is 294 cm³/mol. The summed E-state index contributed by atoms with van der Waals surface area (Å²) < 4.78 is 0. The van der Waals surface area contributed by atoms with Crippen LogP contribution in [0.1, 0.15) is 84.9 Å². The minimum atomic E-state index is -1.41. The van der Waals surface area contributed by atoms with Crippen LogP contribution >= 0.6 is 24.4 Å². The molecule has 2 aromatic rings. The number of hydrogen-bond donors (Lipinski definition) is 15. The maximum Gasteiger partial charge on any atom is 0.326 e. The number of rotatable bonds is 35. The molecule has 0 aliphatic heterocycles. The number of carbonyl (C=O) groups excluding carboxylic acids is 9. The van der Waals surface area contributed by atoms with Gasteiger partial charge in [0.2, 0.25) is 53.2 Å². The zero-order valence-corrected chi connectivity index (χ0v) is 46.4. The first-order valence-electron chi connectivity index (χ1n) is 25.2. The second-order valence-corrected chi connectivity index (χ2v) is 20.5. The Kier molecular flexibility index (Phi) is 29.8. The van der Waals surface area contributed by atoms with Gasteiger partial charge in [-0.2, -0.15) is 24.4 Å². The number of aliphatic carboxylic acids is 1. The number of benzene rings is 1. The minimum absolute atomic E-state index is 0.0221. The normalized spacial score (nSPS) is 14.6. The van der Waals surface area contributed by atoms with Gasteiger partial charge in [0.05, 0.1) is 18.9 Å². The Hall–Kier alpha value is -6.94. The molecule has 77 heavy (non-hydrogen) atoms. The van der Waals surface area contributed by atoms with Crippen molar-refractivity contribution in [3.05, 3.63) is 54.1 Å². The van der Waals surface area contributed by atoms with E-state index in [1.165, 1.54) is 38.1 Å². The van der Waals surface area contributed by atoms with Crippen molar-refractivity contribution in [2.45, 2.75) is 141 Å². The summed E-state index contributed by atoms with van der Waals surface area (Å²) in [5, 5.41) is 32.8. The van der Waals surface area contributed by atoms with Gasteiger partial charge in [0, 0.05) is 37.0 Å². The van der Waals surface area contributed by atoms with Crippen molar-refractivity contribution in [3.8, 4) is 0 Å². The zero-order valence-electron chi connectivity index (χ0n) is 44.7. The van der Waals surface area contributed by atoms with Crippen molar-refractivity contribution >= 4 is 89.5 Å². The number of guanidine groups is 1. The number of carbonyl (C=O) groups is 10. The van der Waals surface area contributed by atoms with Crippen LogP contribution in [0.3, 0.4) is 0 Å². The summed E-state index contributed by atoms with van der Waals surface area (Å²) in [6.07, 6.45) is 5.11. The van der Waals surface area contributed by atoms with E-state index < -0.39 is 120 Å². The SMILES string of the molecule is CSCC[C@H](N)C(=O)N[C@@H](C)C(=O)N[C@@H](C)C(=O)NCC(=O)N[C@@H](CCCN=C(N)N)C(=O)N[C@@H](Cc1cnc[nH]1)C(=O)N[C@@H](CC(C)C)C(=O)N[C@@H](CS)C(=O)N[C@@H](Cc1ccccc1)C(=O)N[C@@H](CC(C)C)C(=O)O. The summed E-state index contributed by atoms with van der Waals surface area (Å²) in [6.45, 7) is 9.37. The molecule has 9 amide bonds. The van der Waals surface area contributed by atoms with Gasteiger partial charge in [-0.15, -0.1) is 0 Å². The molecule has 0 aliphatic rings. The lowest BCUT2D eigenvalue weighted by atomic mass is 10.0. The summed E-state index contributed by atoms with van der Waals surface area (Å²) in [4.78, 5) is 144. The van der Waals surface area contributed by atoms with Crippen molar-refractivity contribution in [2.24, 2.45) is 34.0 Å². The number of nitrogens with two attached hydrogens (primary N) is 3. The Morgan fingerprint density at radius 2 is 1.17 bits per heavy atom. The van der Waals surface area contributed by atoms with Crippen LogP contribution in [-0.4, -0.2) is 165 Å². The van der Waals surface area contributed by atoms with Gasteiger partial charge in [-0.1, -0.05) is 58.0 Å². The van der Waals surface area contributed by atoms with Crippen LogP contribution in [0, 0.1) is 11.8 Å². The molecule has 0 fully saturated rings. The molecule has 17 N–H and O–H groups in total. The molecule has 1 heterocycles. The molecule has 0 aliphatic carbocycles. The van der Waals surface area contributed by atoms with Crippen LogP contribution in [0.5, 0.6) is 0 Å². The number of nitrogens with one attached hydrogen (secondary N) is 10. The van der Waals surface area contributed by atoms with Crippen LogP contribution < -0.4 is 65.1 Å². The average molecular weight is 1120 g/mol. The molecule has 428 valence electrons. The molecule has 0 unspecified atom stereocenters. The summed E-state index contributed by atoms with van der Waals surface area (Å²) in [5.41, 5.74) is 17.9. The highest BCUT2D eigenvalue weighted by Crippen LogP contribution is 2.12. The summed E-state index contributed by atoms with van der Waals surface area (Å²) in [5.74, 6) is -8.24. The molecule has 2 rings (SSSR count). The van der Waals surface area contributed by atoms with Crippen molar-refractivity contribution in [1.29, 1.82) is 0 Å². The molecular weight excluding hydrogens is 1040 g/mol. The third kappa shape index (κ3) is 25.6. The fourth-order valence-corrected chi connectivity index (χ4v) is 8.09. The topological polar surface area (TPSA) is 418 Å². The largest absolute Gasteiger partial charge is 0.480 e. The van der Waals surface area contributed by atoms with Crippen molar-refractivity contribution in [3.63, 3.8) is 0 Å². The lowest BCUT2D eigenvalue weighted by Crippen LogP contribution is -2.60. The van der Waals surface area contributed by atoms with Crippen LogP contribution in [-0.2, 0) is 60.8 Å². The first-order valence-corrected chi connectivity index (χ1v) is 27.2. The fraction of sp³-hybridized carbons (Fsp3) is 0.592. The smallest absolute Gasteiger partial charge is 0.326 e. The molecule has 26 nitrogen and oxygen atoms in total. The highest BCUT2D eigenvalue weighted by atomic mass is 32.2. The molecule has 1 aromatic carbocycles. The number of carboxylic acid groups (broad SMARTS) is 1. The summed E-state index contributed by atoms with van der Waals surface area (Å²) >= 11 is 5.82. The highest BCUT2D eigenvalue weighted by molar-refractivity contribution is 7.98. The van der Waals surface area contributed by atoms with E-state index in [-0.39, 0.29) is 68.6 Å². The zero-order chi connectivity index (χ0) is 57.8. The summed E-state index contributed by atoms with van der Waals surface area (Å²) in [7, 11) is 0. The molecule has 1 aromatic heterocycles. The monoisotopic (exact) mass is 1120 g/mol. The van der Waals surface area contributed by atoms with Crippen LogP contribution in [0.15, 0.2) is 47.8 Å². The van der Waals surface area contributed by atoms with Crippen molar-refractivity contribution < 1.29 is 53.1 Å². The Morgan fingerprint density at radius 3 is 1.73 bits per heavy atom. The van der Waals surface area contributed by atoms with Gasteiger partial charge in [0.1, 0.15) is 48.3 Å². The molecular formula is C49H79N15O11S2. The maximum absolute atomic E-state index is 14.3. The van der Waals surface area contributed by atoms with Gasteiger partial charge >= 0.3 is 5.97 Å². The van der Waals surface area contributed by atoms with Crippen LogP contribution in [0.2, 0.25) is 0 Å². The fourth-order valence-electron chi connectivity index (χ4n) is 7.34. The maximum atomic E-state index is 14.3. The number of aromatic amines is 1. The van der Waals surface area contributed by atoms with Gasteiger partial charge in [-0.05, 0) is 75.4 Å². The molecule has 0 saturated carbocycles. The highest BCUT2D eigenvalue weighted by Gasteiger charge is 2.34. The van der Waals surface area contributed by atoms with E-state index in [4.69, 9.17) is 17.2 Å². The Balaban J connectivity index is 2.29. The Labute approximate surface area is 458 Å². The van der Waals surface area contributed by atoms with E-state index in [1.54, 1.807) is 58.0 Å². The number of hydrogen-bond acceptors (Lipinski definition) is 15. The number of carboxylic acids is 1. The second-order valence-electron chi connectivity index (χ2n) is 19.2. The lowest BCUT2D eigenvalue weighted by Gasteiger charge is -2.28. The van der Waals surface area contributed by atoms with E-state index in [0.717, 1.165) is 0 Å². The van der Waals surface area contributed by atoms with Gasteiger partial charge in [0.25, 0.3) is 0 Å². The Bertz CT molecular complexity index is 2290. The van der Waals surface area contributed by atoms with Gasteiger partial charge < -0.3 is 75.1 Å². The van der Waals surface area contributed by atoms with E-state index in [1.807, 2.05) is 6.26 Å². The first-order chi connectivity index (χ1) is 36.3. The number of nitrogens with zero attached hydrogens (tertiary/aromatic N) is 2. The molecule has 0 bridgehead atoms. The average Bonchev–Trinajstić information content (AvgIpc) is 3.89. The molecule has 0 radical (unpaired) electrons. The number of H-pyrrole nitrogens is 1. The van der Waals surface area contributed by atoms with E-state index >= 15 is 0 Å². The quantitative estimate of drug-likeness (QED) is 0.0146. The molecule has 9 atom stereocenters. The van der Waals surface area contributed by atoms with Crippen LogP contribution in [0.4, 0.5) is 0 Å². The lowest BCUT2D eigenvalue weighted by molar-refractivity contribution is -0.142. The third-order valence-electron chi connectivity index (χ3n) is 11.5. The predicted octanol–water partition coefficient (Wildman–Crippen LogP) is -2.53. The Morgan fingerprint density at radius 1 is 0.649 bits per heavy atom. The van der Waals surface area contributed by atoms with Crippen molar-refractivity contribution in [1.82, 2.24) is 57.8 Å². The van der Waals surface area contributed by atoms with Crippen molar-refractivity contribution in [2.75, 3.05) is 30.9 Å². The van der Waals surface area contributed by atoms with Crippen LogP contribution in [0.25, 0.3) is 0 Å². The first kappa shape index (κ1) is 66.2. The number of thiol groups is 1. The number of amides is 9. The van der Waals surface area contributed by atoms with E-state index in [0.29, 0.717) is 23.4 Å². The molecule has 0 spiro atoms. The van der Waals surface area contributed by atoms with Gasteiger partial charge in [-0.3, -0.25) is 48.1 Å². The number of imidazole rings is 1. The molecule has 28 heteroatoms. The minimum Gasteiger partial charge on any atom is -0.480 e. The van der Waals surface area contributed by atoms with E-state index in [2.05, 4.69) is 75.4 Å².